The van der Waals surface area contributed by atoms with Gasteiger partial charge in [0.15, 0.2) is 0 Å². The number of rotatable bonds is 4. The number of hydrogen-bond donors (Lipinski definition) is 2. The van der Waals surface area contributed by atoms with Crippen molar-refractivity contribution in [3.63, 3.8) is 0 Å². The maximum absolute atomic E-state index is 12.8. The van der Waals surface area contributed by atoms with Gasteiger partial charge in [-0.1, -0.05) is 51.4 Å². The van der Waals surface area contributed by atoms with Gasteiger partial charge in [-0.15, -0.1) is 0 Å². The molecule has 6 unspecified atom stereocenters. The highest BCUT2D eigenvalue weighted by Crippen LogP contribution is 2.44. The lowest BCUT2D eigenvalue weighted by Crippen LogP contribution is -2.34. The van der Waals surface area contributed by atoms with Gasteiger partial charge in [0.1, 0.15) is 0 Å². The molecule has 1 aromatic carbocycles. The van der Waals surface area contributed by atoms with Gasteiger partial charge in [0.25, 0.3) is 0 Å². The first-order chi connectivity index (χ1) is 15.7. The summed E-state index contributed by atoms with van der Waals surface area (Å²) in [7, 11) is 0. The molecule has 0 radical (unpaired) electrons. The smallest absolute Gasteiger partial charge is 0.227 e. The van der Waals surface area contributed by atoms with Crippen LogP contribution in [0.5, 0.6) is 0 Å². The Bertz CT molecular complexity index is 737. The van der Waals surface area contributed by atoms with E-state index in [2.05, 4.69) is 10.6 Å². The van der Waals surface area contributed by atoms with Crippen LogP contribution in [0.1, 0.15) is 89.9 Å². The first-order valence-electron chi connectivity index (χ1n) is 13.4. The molecule has 0 aliphatic heterocycles. The molecule has 0 spiro atoms. The van der Waals surface area contributed by atoms with Crippen LogP contribution in [0.3, 0.4) is 0 Å². The molecular weight excluding hydrogens is 396 g/mol. The number of fused-ring (bicyclic) bond motifs is 2. The van der Waals surface area contributed by atoms with Crippen LogP contribution in [0.25, 0.3) is 0 Å². The SMILES string of the molecule is O=C(Nc1ccc(NC(=O)C2CCC3CCCCC3C2)cc1)C1CCC2CCCCC2C1. The highest BCUT2D eigenvalue weighted by atomic mass is 16.2. The van der Waals surface area contributed by atoms with E-state index in [0.29, 0.717) is 0 Å². The summed E-state index contributed by atoms with van der Waals surface area (Å²) in [5.74, 6) is 3.91. The van der Waals surface area contributed by atoms with Gasteiger partial charge in [-0.25, -0.2) is 0 Å². The summed E-state index contributed by atoms with van der Waals surface area (Å²) in [5, 5.41) is 6.26. The topological polar surface area (TPSA) is 58.2 Å². The molecule has 174 valence electrons. The second-order valence-electron chi connectivity index (χ2n) is 11.2. The minimum Gasteiger partial charge on any atom is -0.326 e. The van der Waals surface area contributed by atoms with Crippen molar-refractivity contribution < 1.29 is 9.59 Å². The Balaban J connectivity index is 1.11. The molecule has 0 bridgehead atoms. The zero-order chi connectivity index (χ0) is 21.9. The van der Waals surface area contributed by atoms with Gasteiger partial charge in [-0.05, 0) is 86.5 Å². The molecule has 4 nitrogen and oxygen atoms in total. The van der Waals surface area contributed by atoms with Crippen LogP contribution in [-0.2, 0) is 9.59 Å². The molecule has 4 fully saturated rings. The molecule has 2 N–H and O–H groups in total. The minimum absolute atomic E-state index is 0.156. The van der Waals surface area contributed by atoms with Gasteiger partial charge in [-0.2, -0.15) is 0 Å². The van der Waals surface area contributed by atoms with Crippen molar-refractivity contribution in [2.45, 2.75) is 89.9 Å². The average molecular weight is 437 g/mol. The molecule has 6 atom stereocenters. The molecule has 4 aliphatic carbocycles. The van der Waals surface area contributed by atoms with Gasteiger partial charge in [0, 0.05) is 23.2 Å². The lowest BCUT2D eigenvalue weighted by Gasteiger charge is -2.38. The van der Waals surface area contributed by atoms with E-state index in [1.807, 2.05) is 24.3 Å². The van der Waals surface area contributed by atoms with E-state index in [1.165, 1.54) is 64.2 Å². The first-order valence-corrected chi connectivity index (χ1v) is 13.4. The largest absolute Gasteiger partial charge is 0.326 e. The summed E-state index contributed by atoms with van der Waals surface area (Å²) in [5.41, 5.74) is 1.67. The van der Waals surface area contributed by atoms with Crippen LogP contribution >= 0.6 is 0 Å². The Hall–Kier alpha value is -1.84. The molecule has 1 aromatic rings. The molecule has 32 heavy (non-hydrogen) atoms. The Labute approximate surface area is 193 Å². The van der Waals surface area contributed by atoms with Gasteiger partial charge in [0.2, 0.25) is 11.8 Å². The predicted molar refractivity (Wildman–Crippen MR) is 129 cm³/mol. The van der Waals surface area contributed by atoms with Crippen molar-refractivity contribution in [3.8, 4) is 0 Å². The van der Waals surface area contributed by atoms with Crippen molar-refractivity contribution in [2.24, 2.45) is 35.5 Å². The number of amides is 2. The number of hydrogen-bond acceptors (Lipinski definition) is 2. The van der Waals surface area contributed by atoms with E-state index in [1.54, 1.807) is 0 Å². The Morgan fingerprint density at radius 2 is 0.906 bits per heavy atom. The van der Waals surface area contributed by atoms with E-state index >= 15 is 0 Å². The van der Waals surface area contributed by atoms with E-state index in [9.17, 15) is 9.59 Å². The lowest BCUT2D eigenvalue weighted by molar-refractivity contribution is -0.122. The lowest BCUT2D eigenvalue weighted by atomic mass is 9.67. The van der Waals surface area contributed by atoms with E-state index in [-0.39, 0.29) is 23.7 Å². The Morgan fingerprint density at radius 3 is 1.31 bits per heavy atom. The maximum Gasteiger partial charge on any atom is 0.227 e. The maximum atomic E-state index is 12.8. The zero-order valence-electron chi connectivity index (χ0n) is 19.5. The van der Waals surface area contributed by atoms with Crippen LogP contribution in [0.4, 0.5) is 11.4 Å². The number of nitrogens with one attached hydrogen (secondary N) is 2. The second kappa shape index (κ2) is 9.97. The van der Waals surface area contributed by atoms with Gasteiger partial charge >= 0.3 is 0 Å². The predicted octanol–water partition coefficient (Wildman–Crippen LogP) is 6.78. The number of anilines is 2. The molecule has 0 saturated heterocycles. The van der Waals surface area contributed by atoms with Crippen LogP contribution in [0.2, 0.25) is 0 Å². The zero-order valence-corrected chi connectivity index (χ0v) is 19.5. The number of carbonyl (C=O) groups is 2. The Kier molecular flexibility index (Phi) is 6.85. The van der Waals surface area contributed by atoms with E-state index in [4.69, 9.17) is 0 Å². The summed E-state index contributed by atoms with van der Waals surface area (Å²) < 4.78 is 0. The summed E-state index contributed by atoms with van der Waals surface area (Å²) in [6, 6.07) is 7.71. The average Bonchev–Trinajstić information content (AvgIpc) is 2.84. The molecule has 2 amide bonds. The molecule has 0 aromatic heterocycles. The highest BCUT2D eigenvalue weighted by molar-refractivity contribution is 5.94. The third-order valence-electron chi connectivity index (χ3n) is 9.24. The number of carbonyl (C=O) groups excluding carboxylic acids is 2. The van der Waals surface area contributed by atoms with Crippen molar-refractivity contribution in [1.82, 2.24) is 0 Å². The van der Waals surface area contributed by atoms with Gasteiger partial charge < -0.3 is 10.6 Å². The second-order valence-corrected chi connectivity index (χ2v) is 11.2. The fraction of sp³-hybridized carbons (Fsp3) is 0.714. The van der Waals surface area contributed by atoms with E-state index in [0.717, 1.165) is 60.7 Å². The summed E-state index contributed by atoms with van der Waals surface area (Å²) in [6.07, 6.45) is 17.4. The van der Waals surface area contributed by atoms with Crippen LogP contribution < -0.4 is 10.6 Å². The van der Waals surface area contributed by atoms with Crippen molar-refractivity contribution in [1.29, 1.82) is 0 Å². The van der Waals surface area contributed by atoms with Gasteiger partial charge in [-0.3, -0.25) is 9.59 Å². The molecule has 4 aliphatic rings. The molecule has 5 rings (SSSR count). The quantitative estimate of drug-likeness (QED) is 0.547. The van der Waals surface area contributed by atoms with Crippen molar-refractivity contribution >= 4 is 23.2 Å². The van der Waals surface area contributed by atoms with Crippen LogP contribution in [0, 0.1) is 35.5 Å². The van der Waals surface area contributed by atoms with E-state index < -0.39 is 0 Å². The minimum atomic E-state index is 0.156. The monoisotopic (exact) mass is 436 g/mol. The first kappa shape index (κ1) is 22.0. The molecule has 0 heterocycles. The molecular formula is C28H40N2O2. The molecule has 4 saturated carbocycles. The summed E-state index contributed by atoms with van der Waals surface area (Å²) in [4.78, 5) is 25.7. The normalized spacial score (nSPS) is 34.6. The summed E-state index contributed by atoms with van der Waals surface area (Å²) >= 11 is 0. The van der Waals surface area contributed by atoms with Crippen molar-refractivity contribution in [3.05, 3.63) is 24.3 Å². The van der Waals surface area contributed by atoms with Crippen LogP contribution in [-0.4, -0.2) is 11.8 Å². The summed E-state index contributed by atoms with van der Waals surface area (Å²) in [6.45, 7) is 0. The Morgan fingerprint density at radius 1 is 0.531 bits per heavy atom. The van der Waals surface area contributed by atoms with Crippen LogP contribution in [0.15, 0.2) is 24.3 Å². The number of benzene rings is 1. The fourth-order valence-corrected chi connectivity index (χ4v) is 7.35. The standard InChI is InChI=1S/C28H40N2O2/c31-27(23-11-9-19-5-1-3-7-21(19)17-23)29-25-13-15-26(16-14-25)30-28(32)24-12-10-20-6-2-4-8-22(20)18-24/h13-16,19-24H,1-12,17-18H2,(H,29,31)(H,30,32). The highest BCUT2D eigenvalue weighted by Gasteiger charge is 2.36. The fourth-order valence-electron chi connectivity index (χ4n) is 7.35. The van der Waals surface area contributed by atoms with Crippen molar-refractivity contribution in [2.75, 3.05) is 10.6 Å². The third-order valence-corrected chi connectivity index (χ3v) is 9.24. The van der Waals surface area contributed by atoms with Gasteiger partial charge in [0.05, 0.1) is 0 Å². The molecule has 4 heteroatoms. The third kappa shape index (κ3) is 5.05.